The van der Waals surface area contributed by atoms with Gasteiger partial charge >= 0.3 is 5.97 Å². The van der Waals surface area contributed by atoms with Crippen molar-refractivity contribution < 1.29 is 28.5 Å². The largest absolute Gasteiger partial charge is 0.481 e. The zero-order valence-electron chi connectivity index (χ0n) is 15.8. The van der Waals surface area contributed by atoms with Crippen LogP contribution in [0.15, 0.2) is 0 Å². The molecule has 0 aliphatic carbocycles. The van der Waals surface area contributed by atoms with Crippen molar-refractivity contribution in [3.8, 4) is 0 Å². The molecule has 3 N–H and O–H groups in total. The summed E-state index contributed by atoms with van der Waals surface area (Å²) in [6.45, 7) is 0.240. The fourth-order valence-corrected chi connectivity index (χ4v) is 6.29. The number of unbranched alkanes of at least 4 members (excludes halogenated alkanes) is 8. The van der Waals surface area contributed by atoms with Crippen LogP contribution in [-0.2, 0) is 14.6 Å². The normalized spacial score (nSPS) is 24.8. The number of hydrogen-bond acceptors (Lipinski definition) is 5. The Morgan fingerprint density at radius 3 is 2.00 bits per heavy atom. The summed E-state index contributed by atoms with van der Waals surface area (Å²) in [5.74, 6) is -1.06. The van der Waals surface area contributed by atoms with Crippen LogP contribution in [0.2, 0.25) is 0 Å². The molecule has 3 atom stereocenters. The van der Waals surface area contributed by atoms with Crippen molar-refractivity contribution in [3.63, 3.8) is 0 Å². The lowest BCUT2D eigenvalue weighted by Gasteiger charge is -2.20. The molecular formula is C19H36O6S. The van der Waals surface area contributed by atoms with Crippen LogP contribution in [0, 0.1) is 5.92 Å². The Hall–Kier alpha value is -0.660. The Morgan fingerprint density at radius 1 is 0.846 bits per heavy atom. The van der Waals surface area contributed by atoms with Gasteiger partial charge in [-0.1, -0.05) is 51.4 Å². The van der Waals surface area contributed by atoms with Crippen molar-refractivity contribution in [3.05, 3.63) is 0 Å². The van der Waals surface area contributed by atoms with E-state index in [1.807, 2.05) is 0 Å². The van der Waals surface area contributed by atoms with Crippen LogP contribution in [-0.4, -0.2) is 53.4 Å². The highest BCUT2D eigenvalue weighted by Gasteiger charge is 2.45. The molecule has 1 heterocycles. The number of carbonyl (C=O) groups is 1. The number of carboxylic acids is 1. The summed E-state index contributed by atoms with van der Waals surface area (Å²) in [6.07, 6.45) is 9.83. The monoisotopic (exact) mass is 392 g/mol. The molecular weight excluding hydrogens is 356 g/mol. The summed E-state index contributed by atoms with van der Waals surface area (Å²) in [7, 11) is -3.22. The highest BCUT2D eigenvalue weighted by molar-refractivity contribution is 7.92. The SMILES string of the molecule is O=C(O)CCCCCC[C@H]1[C@@H](CCCCCCCCO)[C@@H](O)CS1(=O)=O. The predicted molar refractivity (Wildman–Crippen MR) is 102 cm³/mol. The van der Waals surface area contributed by atoms with Gasteiger partial charge in [0.1, 0.15) is 0 Å². The fraction of sp³-hybridized carbons (Fsp3) is 0.947. The second-order valence-electron chi connectivity index (χ2n) is 7.58. The van der Waals surface area contributed by atoms with Gasteiger partial charge in [0.15, 0.2) is 9.84 Å². The number of sulfone groups is 1. The standard InChI is InChI=1S/C19H36O6S/c20-14-10-6-2-1-3-7-11-16-17(21)15-26(24,25)18(16)12-8-4-5-9-13-19(22)23/h16-18,20-21H,1-15H2,(H,22,23)/t16-,17-,18-/m0/s1. The number of aliphatic hydroxyl groups excluding tert-OH is 2. The van der Waals surface area contributed by atoms with Crippen LogP contribution < -0.4 is 0 Å². The number of aliphatic carboxylic acids is 1. The third-order valence-electron chi connectivity index (χ3n) is 5.41. The molecule has 1 rings (SSSR count). The van der Waals surface area contributed by atoms with Gasteiger partial charge in [0.05, 0.1) is 17.1 Å². The molecule has 0 radical (unpaired) electrons. The molecule has 0 aromatic heterocycles. The topological polar surface area (TPSA) is 112 Å². The van der Waals surface area contributed by atoms with Crippen LogP contribution in [0.3, 0.4) is 0 Å². The number of hydrogen-bond donors (Lipinski definition) is 3. The van der Waals surface area contributed by atoms with Crippen LogP contribution >= 0.6 is 0 Å². The van der Waals surface area contributed by atoms with Crippen molar-refractivity contribution >= 4 is 15.8 Å². The smallest absolute Gasteiger partial charge is 0.303 e. The maximum atomic E-state index is 12.3. The van der Waals surface area contributed by atoms with Gasteiger partial charge in [-0.05, 0) is 25.7 Å². The molecule has 0 amide bonds. The van der Waals surface area contributed by atoms with E-state index in [4.69, 9.17) is 10.2 Å². The van der Waals surface area contributed by atoms with E-state index in [-0.39, 0.29) is 24.7 Å². The summed E-state index contributed by atoms with van der Waals surface area (Å²) >= 11 is 0. The highest BCUT2D eigenvalue weighted by atomic mass is 32.2. The zero-order chi connectivity index (χ0) is 19.4. The average Bonchev–Trinajstić information content (AvgIpc) is 2.78. The molecule has 0 bridgehead atoms. The van der Waals surface area contributed by atoms with Gasteiger partial charge in [-0.15, -0.1) is 0 Å². The molecule has 154 valence electrons. The minimum absolute atomic E-state index is 0.113. The average molecular weight is 393 g/mol. The third kappa shape index (κ3) is 8.82. The van der Waals surface area contributed by atoms with E-state index >= 15 is 0 Å². The van der Waals surface area contributed by atoms with E-state index in [1.165, 1.54) is 0 Å². The molecule has 1 aliphatic heterocycles. The molecule has 0 spiro atoms. The Labute approximate surface area is 157 Å². The van der Waals surface area contributed by atoms with E-state index in [9.17, 15) is 18.3 Å². The summed E-state index contributed by atoms with van der Waals surface area (Å²) in [6, 6.07) is 0. The van der Waals surface area contributed by atoms with Crippen molar-refractivity contribution in [2.45, 2.75) is 94.8 Å². The third-order valence-corrected chi connectivity index (χ3v) is 7.72. The molecule has 1 aliphatic rings. The molecule has 0 aromatic rings. The maximum absolute atomic E-state index is 12.3. The summed E-state index contributed by atoms with van der Waals surface area (Å²) in [5, 5.41) is 27.1. The highest BCUT2D eigenvalue weighted by Crippen LogP contribution is 2.35. The van der Waals surface area contributed by atoms with Crippen LogP contribution in [0.4, 0.5) is 0 Å². The van der Waals surface area contributed by atoms with Gasteiger partial charge in [0.2, 0.25) is 0 Å². The first-order chi connectivity index (χ1) is 12.4. The van der Waals surface area contributed by atoms with Crippen LogP contribution in [0.25, 0.3) is 0 Å². The molecule has 1 saturated heterocycles. The molecule has 7 heteroatoms. The first-order valence-electron chi connectivity index (χ1n) is 10.1. The van der Waals surface area contributed by atoms with E-state index in [0.717, 1.165) is 64.2 Å². The summed E-state index contributed by atoms with van der Waals surface area (Å²) in [5.41, 5.74) is 0. The second-order valence-corrected chi connectivity index (χ2v) is 9.84. The van der Waals surface area contributed by atoms with E-state index < -0.39 is 27.2 Å². The first kappa shape index (κ1) is 23.4. The lowest BCUT2D eigenvalue weighted by Crippen LogP contribution is -2.25. The minimum atomic E-state index is -3.22. The van der Waals surface area contributed by atoms with Crippen LogP contribution in [0.1, 0.15) is 83.5 Å². The van der Waals surface area contributed by atoms with Gasteiger partial charge in [0, 0.05) is 18.9 Å². The van der Waals surface area contributed by atoms with E-state index in [1.54, 1.807) is 0 Å². The predicted octanol–water partition coefficient (Wildman–Crippen LogP) is 2.91. The van der Waals surface area contributed by atoms with Crippen molar-refractivity contribution in [1.82, 2.24) is 0 Å². The quantitative estimate of drug-likeness (QED) is 0.369. The van der Waals surface area contributed by atoms with Crippen molar-refractivity contribution in [2.75, 3.05) is 12.4 Å². The lowest BCUT2D eigenvalue weighted by molar-refractivity contribution is -0.137. The Morgan fingerprint density at radius 2 is 1.38 bits per heavy atom. The van der Waals surface area contributed by atoms with E-state index in [2.05, 4.69) is 0 Å². The van der Waals surface area contributed by atoms with Gasteiger partial charge in [-0.3, -0.25) is 4.79 Å². The molecule has 0 aromatic carbocycles. The summed E-state index contributed by atoms with van der Waals surface area (Å²) < 4.78 is 24.7. The second kappa shape index (κ2) is 12.7. The van der Waals surface area contributed by atoms with Gasteiger partial charge in [-0.2, -0.15) is 0 Å². The van der Waals surface area contributed by atoms with E-state index in [0.29, 0.717) is 12.8 Å². The Balaban J connectivity index is 2.31. The zero-order valence-corrected chi connectivity index (χ0v) is 16.6. The summed E-state index contributed by atoms with van der Waals surface area (Å²) in [4.78, 5) is 10.5. The maximum Gasteiger partial charge on any atom is 0.303 e. The molecule has 0 saturated carbocycles. The molecule has 6 nitrogen and oxygen atoms in total. The fourth-order valence-electron chi connectivity index (χ4n) is 3.95. The Bertz CT molecular complexity index is 490. The van der Waals surface area contributed by atoms with Crippen LogP contribution in [0.5, 0.6) is 0 Å². The van der Waals surface area contributed by atoms with Gasteiger partial charge in [-0.25, -0.2) is 8.42 Å². The van der Waals surface area contributed by atoms with Gasteiger partial charge < -0.3 is 15.3 Å². The molecule has 26 heavy (non-hydrogen) atoms. The molecule has 1 fully saturated rings. The number of aliphatic hydroxyl groups is 2. The minimum Gasteiger partial charge on any atom is -0.481 e. The Kier molecular flexibility index (Phi) is 11.4. The lowest BCUT2D eigenvalue weighted by atomic mass is 9.90. The van der Waals surface area contributed by atoms with Crippen molar-refractivity contribution in [1.29, 1.82) is 0 Å². The first-order valence-corrected chi connectivity index (χ1v) is 11.8. The molecule has 0 unspecified atom stereocenters. The number of carboxylic acid groups (broad SMARTS) is 1. The number of rotatable bonds is 15. The van der Waals surface area contributed by atoms with Gasteiger partial charge in [0.25, 0.3) is 0 Å². The van der Waals surface area contributed by atoms with Crippen molar-refractivity contribution in [2.24, 2.45) is 5.92 Å².